The van der Waals surface area contributed by atoms with Gasteiger partial charge >= 0.3 is 6.09 Å². The summed E-state index contributed by atoms with van der Waals surface area (Å²) in [6.07, 6.45) is 5.22. The highest BCUT2D eigenvalue weighted by molar-refractivity contribution is 5.92. The van der Waals surface area contributed by atoms with Crippen LogP contribution in [-0.2, 0) is 9.53 Å². The zero-order valence-corrected chi connectivity index (χ0v) is 23.4. The highest BCUT2D eigenvalue weighted by Crippen LogP contribution is 2.39. The molecule has 3 amide bonds. The molecule has 0 aromatic carbocycles. The molecule has 3 aliphatic rings. The zero-order valence-electron chi connectivity index (χ0n) is 23.4. The van der Waals surface area contributed by atoms with Gasteiger partial charge in [-0.15, -0.1) is 0 Å². The van der Waals surface area contributed by atoms with Gasteiger partial charge in [0.1, 0.15) is 11.6 Å². The molecule has 206 valence electrons. The molecule has 3 fully saturated rings. The SMILES string of the molecule is CN1CCN(C(=O)[C@@H]2C[C@H](N(C(=O)c3ccco3)C3CCC(C)(C)CC3)CN2C(=O)OC(C)(C)C)CC1. The number of ether oxygens (including phenoxy) is 1. The Morgan fingerprint density at radius 3 is 2.27 bits per heavy atom. The second-order valence-electron chi connectivity index (χ2n) is 12.8. The van der Waals surface area contributed by atoms with E-state index in [1.807, 2.05) is 37.6 Å². The first-order valence-electron chi connectivity index (χ1n) is 13.7. The monoisotopic (exact) mass is 516 g/mol. The summed E-state index contributed by atoms with van der Waals surface area (Å²) in [5, 5.41) is 0. The molecule has 2 saturated heterocycles. The van der Waals surface area contributed by atoms with Crippen molar-refractivity contribution in [1.82, 2.24) is 19.6 Å². The van der Waals surface area contributed by atoms with Crippen LogP contribution in [-0.4, -0.2) is 101 Å². The van der Waals surface area contributed by atoms with Crippen LogP contribution in [0.4, 0.5) is 4.79 Å². The average Bonchev–Trinajstić information content (AvgIpc) is 3.50. The molecule has 37 heavy (non-hydrogen) atoms. The molecule has 3 heterocycles. The number of carbonyl (C=O) groups excluding carboxylic acids is 3. The van der Waals surface area contributed by atoms with Crippen molar-refractivity contribution in [3.63, 3.8) is 0 Å². The van der Waals surface area contributed by atoms with E-state index in [-0.39, 0.29) is 35.9 Å². The third-order valence-electron chi connectivity index (χ3n) is 8.07. The van der Waals surface area contributed by atoms with E-state index >= 15 is 0 Å². The molecule has 1 aliphatic carbocycles. The van der Waals surface area contributed by atoms with E-state index in [1.165, 1.54) is 6.26 Å². The fourth-order valence-corrected chi connectivity index (χ4v) is 5.83. The lowest BCUT2D eigenvalue weighted by Gasteiger charge is -2.42. The molecule has 9 heteroatoms. The van der Waals surface area contributed by atoms with Crippen molar-refractivity contribution in [1.29, 1.82) is 0 Å². The normalized spacial score (nSPS) is 25.2. The summed E-state index contributed by atoms with van der Waals surface area (Å²) in [7, 11) is 2.05. The number of likely N-dealkylation sites (N-methyl/N-ethyl adjacent to an activating group) is 1. The van der Waals surface area contributed by atoms with Crippen molar-refractivity contribution in [2.24, 2.45) is 5.41 Å². The summed E-state index contributed by atoms with van der Waals surface area (Å²) in [5.41, 5.74) is -0.441. The minimum absolute atomic E-state index is 0.0357. The molecule has 0 bridgehead atoms. The van der Waals surface area contributed by atoms with Gasteiger partial charge in [-0.2, -0.15) is 0 Å². The number of rotatable bonds is 4. The second-order valence-corrected chi connectivity index (χ2v) is 12.8. The van der Waals surface area contributed by atoms with Gasteiger partial charge in [0.05, 0.1) is 12.3 Å². The maximum atomic E-state index is 13.8. The fourth-order valence-electron chi connectivity index (χ4n) is 5.83. The first-order chi connectivity index (χ1) is 17.3. The van der Waals surface area contributed by atoms with Crippen molar-refractivity contribution in [3.05, 3.63) is 24.2 Å². The van der Waals surface area contributed by atoms with Crippen LogP contribution in [0, 0.1) is 5.41 Å². The van der Waals surface area contributed by atoms with Crippen molar-refractivity contribution >= 4 is 17.9 Å². The Hall–Kier alpha value is -2.55. The van der Waals surface area contributed by atoms with Gasteiger partial charge in [-0.1, -0.05) is 13.8 Å². The molecule has 1 saturated carbocycles. The molecule has 2 atom stereocenters. The standard InChI is InChI=1S/C28H44N4O5/c1-27(2,3)37-26(35)31-19-21(18-22(31)24(33)30-15-13-29(6)14-16-30)32(25(34)23-8-7-17-36-23)20-9-11-28(4,5)12-10-20/h7-8,17,20-22H,9-16,18-19H2,1-6H3/t21-,22-/m0/s1. The van der Waals surface area contributed by atoms with E-state index < -0.39 is 17.7 Å². The first kappa shape index (κ1) is 27.5. The van der Waals surface area contributed by atoms with E-state index in [2.05, 4.69) is 18.7 Å². The molecule has 2 aliphatic heterocycles. The highest BCUT2D eigenvalue weighted by atomic mass is 16.6. The molecule has 0 unspecified atom stereocenters. The van der Waals surface area contributed by atoms with Crippen LogP contribution in [0.1, 0.15) is 77.3 Å². The molecule has 1 aromatic heterocycles. The third-order valence-corrected chi connectivity index (χ3v) is 8.07. The Morgan fingerprint density at radius 2 is 1.70 bits per heavy atom. The molecule has 0 spiro atoms. The predicted octanol–water partition coefficient (Wildman–Crippen LogP) is 3.84. The second kappa shape index (κ2) is 10.7. The van der Waals surface area contributed by atoms with Crippen LogP contribution in [0.3, 0.4) is 0 Å². The lowest BCUT2D eigenvalue weighted by molar-refractivity contribution is -0.137. The minimum atomic E-state index is -0.685. The van der Waals surface area contributed by atoms with Crippen LogP contribution in [0.25, 0.3) is 0 Å². The van der Waals surface area contributed by atoms with E-state index in [9.17, 15) is 14.4 Å². The molecular weight excluding hydrogens is 472 g/mol. The first-order valence-corrected chi connectivity index (χ1v) is 13.7. The largest absolute Gasteiger partial charge is 0.459 e. The Kier molecular flexibility index (Phi) is 7.93. The van der Waals surface area contributed by atoms with E-state index in [4.69, 9.17) is 9.15 Å². The number of piperazine rings is 1. The molecule has 0 N–H and O–H groups in total. The third kappa shape index (κ3) is 6.48. The summed E-state index contributed by atoms with van der Waals surface area (Å²) < 4.78 is 11.2. The Balaban J connectivity index is 1.61. The zero-order chi connectivity index (χ0) is 27.0. The molecule has 9 nitrogen and oxygen atoms in total. The van der Waals surface area contributed by atoms with Gasteiger partial charge in [-0.25, -0.2) is 4.79 Å². The van der Waals surface area contributed by atoms with E-state index in [1.54, 1.807) is 17.0 Å². The van der Waals surface area contributed by atoms with Crippen LogP contribution in [0.2, 0.25) is 0 Å². The fraction of sp³-hybridized carbons (Fsp3) is 0.750. The van der Waals surface area contributed by atoms with Gasteiger partial charge in [0.15, 0.2) is 5.76 Å². The summed E-state index contributed by atoms with van der Waals surface area (Å²) in [6.45, 7) is 13.1. The summed E-state index contributed by atoms with van der Waals surface area (Å²) in [6, 6.07) is 2.49. The van der Waals surface area contributed by atoms with E-state index in [0.717, 1.165) is 38.8 Å². The average molecular weight is 517 g/mol. The summed E-state index contributed by atoms with van der Waals surface area (Å²) in [4.78, 5) is 48.4. The van der Waals surface area contributed by atoms with Crippen molar-refractivity contribution in [3.8, 4) is 0 Å². The van der Waals surface area contributed by atoms with Crippen LogP contribution in [0.5, 0.6) is 0 Å². The van der Waals surface area contributed by atoms with E-state index in [0.29, 0.717) is 25.3 Å². The predicted molar refractivity (Wildman–Crippen MR) is 140 cm³/mol. The molecule has 1 aromatic rings. The highest BCUT2D eigenvalue weighted by Gasteiger charge is 2.48. The molecule has 0 radical (unpaired) electrons. The van der Waals surface area contributed by atoms with Gasteiger partial charge in [-0.05, 0) is 77.5 Å². The number of amides is 3. The number of hydrogen-bond acceptors (Lipinski definition) is 6. The van der Waals surface area contributed by atoms with Gasteiger partial charge < -0.3 is 23.9 Å². The molecular formula is C28H44N4O5. The van der Waals surface area contributed by atoms with Crippen LogP contribution >= 0.6 is 0 Å². The Morgan fingerprint density at radius 1 is 1.05 bits per heavy atom. The number of likely N-dealkylation sites (tertiary alicyclic amines) is 1. The quantitative estimate of drug-likeness (QED) is 0.604. The number of furan rings is 1. The maximum absolute atomic E-state index is 13.8. The van der Waals surface area contributed by atoms with Gasteiger partial charge in [0.2, 0.25) is 5.91 Å². The van der Waals surface area contributed by atoms with Gasteiger partial charge in [0.25, 0.3) is 5.91 Å². The number of carbonyl (C=O) groups is 3. The molecule has 4 rings (SSSR count). The van der Waals surface area contributed by atoms with Crippen molar-refractivity contribution in [2.45, 2.75) is 90.4 Å². The summed E-state index contributed by atoms with van der Waals surface area (Å²) in [5.74, 6) is 0.0654. The minimum Gasteiger partial charge on any atom is -0.459 e. The number of nitrogens with zero attached hydrogens (tertiary/aromatic N) is 4. The lowest BCUT2D eigenvalue weighted by atomic mass is 9.75. The summed E-state index contributed by atoms with van der Waals surface area (Å²) >= 11 is 0. The van der Waals surface area contributed by atoms with Crippen LogP contribution in [0.15, 0.2) is 22.8 Å². The topological polar surface area (TPSA) is 86.5 Å². The van der Waals surface area contributed by atoms with Crippen molar-refractivity contribution < 1.29 is 23.5 Å². The Bertz CT molecular complexity index is 952. The smallest absolute Gasteiger partial charge is 0.411 e. The lowest BCUT2D eigenvalue weighted by Crippen LogP contribution is -2.54. The Labute approximate surface area is 221 Å². The number of hydrogen-bond donors (Lipinski definition) is 0. The van der Waals surface area contributed by atoms with Crippen LogP contribution < -0.4 is 0 Å². The van der Waals surface area contributed by atoms with Gasteiger partial charge in [0, 0.05) is 38.8 Å². The van der Waals surface area contributed by atoms with Crippen molar-refractivity contribution in [2.75, 3.05) is 39.8 Å². The van der Waals surface area contributed by atoms with Gasteiger partial charge in [-0.3, -0.25) is 14.5 Å². The maximum Gasteiger partial charge on any atom is 0.411 e.